The smallest absolute Gasteiger partial charge is 0.124 e. The number of halogens is 1. The van der Waals surface area contributed by atoms with Gasteiger partial charge in [-0.15, -0.1) is 0 Å². The Kier molecular flexibility index (Phi) is 4.68. The van der Waals surface area contributed by atoms with Gasteiger partial charge in [-0.2, -0.15) is 0 Å². The van der Waals surface area contributed by atoms with Crippen molar-refractivity contribution >= 4 is 15.9 Å². The average Bonchev–Trinajstić information content (AvgIpc) is 2.38. The highest BCUT2D eigenvalue weighted by Gasteiger charge is 2.15. The van der Waals surface area contributed by atoms with E-state index in [4.69, 9.17) is 0 Å². The van der Waals surface area contributed by atoms with Crippen molar-refractivity contribution in [3.8, 4) is 11.5 Å². The number of phenols is 2. The number of hydrogen-bond donors (Lipinski definition) is 3. The lowest BCUT2D eigenvalue weighted by Crippen LogP contribution is -2.22. The molecule has 0 aliphatic heterocycles. The molecule has 1 unspecified atom stereocenters. The van der Waals surface area contributed by atoms with Crippen LogP contribution >= 0.6 is 15.9 Å². The van der Waals surface area contributed by atoms with Gasteiger partial charge in [-0.3, -0.25) is 0 Å². The fraction of sp³-hybridized carbons (Fsp3) is 0.250. The fourth-order valence-electron chi connectivity index (χ4n) is 2.28. The predicted molar refractivity (Wildman–Crippen MR) is 83.9 cm³/mol. The third-order valence-corrected chi connectivity index (χ3v) is 4.07. The highest BCUT2D eigenvalue weighted by atomic mass is 79.9. The Morgan fingerprint density at radius 3 is 2.25 bits per heavy atom. The van der Waals surface area contributed by atoms with Crippen LogP contribution in [0.3, 0.4) is 0 Å². The lowest BCUT2D eigenvalue weighted by Gasteiger charge is -2.22. The zero-order valence-corrected chi connectivity index (χ0v) is 13.1. The molecule has 0 fully saturated rings. The third-order valence-electron chi connectivity index (χ3n) is 3.35. The van der Waals surface area contributed by atoms with Gasteiger partial charge < -0.3 is 15.5 Å². The summed E-state index contributed by atoms with van der Waals surface area (Å²) < 4.78 is 1.06. The summed E-state index contributed by atoms with van der Waals surface area (Å²) >= 11 is 3.54. The summed E-state index contributed by atoms with van der Waals surface area (Å²) in [5, 5.41) is 22.7. The number of phenolic OH excluding ortho intramolecular Hbond substituents is 2. The molecule has 106 valence electrons. The van der Waals surface area contributed by atoms with Crippen molar-refractivity contribution in [1.82, 2.24) is 5.32 Å². The summed E-state index contributed by atoms with van der Waals surface area (Å²) in [6.45, 7) is 4.06. The zero-order valence-electron chi connectivity index (χ0n) is 11.5. The lowest BCUT2D eigenvalue weighted by atomic mass is 10.0. The molecule has 0 heterocycles. The lowest BCUT2D eigenvalue weighted by molar-refractivity contribution is 0.427. The van der Waals surface area contributed by atoms with Gasteiger partial charge >= 0.3 is 0 Å². The minimum absolute atomic E-state index is 0.0299. The first kappa shape index (κ1) is 14.9. The van der Waals surface area contributed by atoms with E-state index in [0.29, 0.717) is 0 Å². The van der Waals surface area contributed by atoms with Crippen LogP contribution in [0.4, 0.5) is 0 Å². The Hall–Kier alpha value is -1.52. The van der Waals surface area contributed by atoms with Crippen LogP contribution in [0, 0.1) is 0 Å². The van der Waals surface area contributed by atoms with Crippen LogP contribution in [-0.2, 0) is 0 Å². The van der Waals surface area contributed by atoms with E-state index in [2.05, 4.69) is 34.2 Å². The maximum Gasteiger partial charge on any atom is 0.124 e. The third kappa shape index (κ3) is 3.32. The van der Waals surface area contributed by atoms with Crippen molar-refractivity contribution in [3.63, 3.8) is 0 Å². The highest BCUT2D eigenvalue weighted by molar-refractivity contribution is 9.10. The second-order valence-corrected chi connectivity index (χ2v) is 5.73. The van der Waals surface area contributed by atoms with E-state index in [1.54, 1.807) is 12.1 Å². The van der Waals surface area contributed by atoms with Gasteiger partial charge in [0.1, 0.15) is 11.5 Å². The van der Waals surface area contributed by atoms with Crippen molar-refractivity contribution in [2.45, 2.75) is 25.9 Å². The molecule has 0 aliphatic rings. The summed E-state index contributed by atoms with van der Waals surface area (Å²) in [6, 6.07) is 12.8. The molecule has 0 aromatic heterocycles. The van der Waals surface area contributed by atoms with Gasteiger partial charge in [0, 0.05) is 28.2 Å². The molecule has 3 N–H and O–H groups in total. The number of rotatable bonds is 4. The predicted octanol–water partition coefficient (Wildman–Crippen LogP) is 4.27. The molecule has 4 heteroatoms. The summed E-state index contributed by atoms with van der Waals surface area (Å²) in [7, 11) is 0. The fourth-order valence-corrected chi connectivity index (χ4v) is 2.91. The van der Waals surface area contributed by atoms with Crippen LogP contribution in [0.5, 0.6) is 11.5 Å². The molecule has 2 atom stereocenters. The molecular weight excluding hydrogens is 318 g/mol. The summed E-state index contributed by atoms with van der Waals surface area (Å²) in [6.07, 6.45) is 0. The van der Waals surface area contributed by atoms with Gasteiger partial charge in [0.05, 0.1) is 0 Å². The van der Waals surface area contributed by atoms with E-state index in [-0.39, 0.29) is 23.6 Å². The first-order valence-corrected chi connectivity index (χ1v) is 7.30. The first-order valence-electron chi connectivity index (χ1n) is 6.51. The average molecular weight is 336 g/mol. The van der Waals surface area contributed by atoms with E-state index in [0.717, 1.165) is 15.6 Å². The topological polar surface area (TPSA) is 52.5 Å². The van der Waals surface area contributed by atoms with Crippen molar-refractivity contribution in [2.75, 3.05) is 0 Å². The molecule has 0 amide bonds. The molecule has 0 bridgehead atoms. The number of hydrogen-bond acceptors (Lipinski definition) is 3. The summed E-state index contributed by atoms with van der Waals surface area (Å²) in [4.78, 5) is 0. The van der Waals surface area contributed by atoms with E-state index in [1.165, 1.54) is 6.07 Å². The van der Waals surface area contributed by atoms with E-state index < -0.39 is 0 Å². The molecule has 2 aromatic rings. The van der Waals surface area contributed by atoms with Crippen LogP contribution < -0.4 is 5.32 Å². The van der Waals surface area contributed by atoms with Gasteiger partial charge in [-0.1, -0.05) is 40.2 Å². The maximum absolute atomic E-state index is 9.89. The molecule has 0 radical (unpaired) electrons. The van der Waals surface area contributed by atoms with Crippen molar-refractivity contribution in [3.05, 3.63) is 58.1 Å². The molecule has 0 saturated carbocycles. The number of aromatic hydroxyl groups is 2. The molecule has 2 rings (SSSR count). The monoisotopic (exact) mass is 335 g/mol. The van der Waals surface area contributed by atoms with Crippen LogP contribution in [0.25, 0.3) is 0 Å². The van der Waals surface area contributed by atoms with Crippen LogP contribution in [-0.4, -0.2) is 10.2 Å². The molecule has 3 nitrogen and oxygen atoms in total. The Bertz CT molecular complexity index is 601. The molecule has 2 aromatic carbocycles. The molecule has 0 spiro atoms. The van der Waals surface area contributed by atoms with E-state index in [1.807, 2.05) is 25.1 Å². The Morgan fingerprint density at radius 1 is 0.950 bits per heavy atom. The minimum atomic E-state index is -0.0299. The number of benzene rings is 2. The quantitative estimate of drug-likeness (QED) is 0.781. The van der Waals surface area contributed by atoms with Crippen molar-refractivity contribution in [1.29, 1.82) is 0 Å². The minimum Gasteiger partial charge on any atom is -0.508 e. The van der Waals surface area contributed by atoms with E-state index in [9.17, 15) is 10.2 Å². The van der Waals surface area contributed by atoms with Gasteiger partial charge in [-0.25, -0.2) is 0 Å². The van der Waals surface area contributed by atoms with Gasteiger partial charge in [0.15, 0.2) is 0 Å². The van der Waals surface area contributed by atoms with Crippen molar-refractivity contribution < 1.29 is 10.2 Å². The molecule has 0 aliphatic carbocycles. The van der Waals surface area contributed by atoms with E-state index >= 15 is 0 Å². The van der Waals surface area contributed by atoms with Gasteiger partial charge in [-0.05, 0) is 31.5 Å². The summed E-state index contributed by atoms with van der Waals surface area (Å²) in [5.74, 6) is 0.168. The SMILES string of the molecule is CC(N[C@H](C)c1ccccc1Br)c1ccc(O)cc1O. The molecule has 20 heavy (non-hydrogen) atoms. The largest absolute Gasteiger partial charge is 0.508 e. The Balaban J connectivity index is 2.15. The first-order chi connectivity index (χ1) is 9.49. The van der Waals surface area contributed by atoms with Crippen LogP contribution in [0.2, 0.25) is 0 Å². The van der Waals surface area contributed by atoms with Gasteiger partial charge in [0.2, 0.25) is 0 Å². The molecular formula is C16H18BrNO2. The summed E-state index contributed by atoms with van der Waals surface area (Å²) in [5.41, 5.74) is 1.93. The Labute approximate surface area is 127 Å². The zero-order chi connectivity index (χ0) is 14.7. The molecule has 0 saturated heterocycles. The second kappa shape index (κ2) is 6.29. The van der Waals surface area contributed by atoms with Crippen molar-refractivity contribution in [2.24, 2.45) is 0 Å². The standard InChI is InChI=1S/C16H18BrNO2/c1-10(13-5-3-4-6-15(13)17)18-11(2)14-8-7-12(19)9-16(14)20/h3-11,18-20H,1-2H3/t10-,11?/m1/s1. The van der Waals surface area contributed by atoms with Crippen LogP contribution in [0.1, 0.15) is 37.1 Å². The number of nitrogens with one attached hydrogen (secondary N) is 1. The normalized spacial score (nSPS) is 13.9. The van der Waals surface area contributed by atoms with Crippen LogP contribution in [0.15, 0.2) is 46.9 Å². The second-order valence-electron chi connectivity index (χ2n) is 4.87. The highest BCUT2D eigenvalue weighted by Crippen LogP contribution is 2.30. The van der Waals surface area contributed by atoms with Gasteiger partial charge in [0.25, 0.3) is 0 Å². The maximum atomic E-state index is 9.89. The Morgan fingerprint density at radius 2 is 1.60 bits per heavy atom.